The summed E-state index contributed by atoms with van der Waals surface area (Å²) in [7, 11) is 0. The SMILES string of the molecule is CC1CC(NC(=O)NC2(C(=O)O)CC2)CCO1. The predicted octanol–water partition coefficient (Wildman–Crippen LogP) is 0.470. The Morgan fingerprint density at radius 2 is 2.12 bits per heavy atom. The van der Waals surface area contributed by atoms with E-state index >= 15 is 0 Å². The number of nitrogens with one attached hydrogen (secondary N) is 2. The fourth-order valence-corrected chi connectivity index (χ4v) is 2.09. The standard InChI is InChI=1S/C11H18N2O4/c1-7-6-8(2-5-17-7)12-10(16)13-11(3-4-11)9(14)15/h7-8H,2-6H2,1H3,(H,14,15)(H2,12,13,16). The van der Waals surface area contributed by atoms with Crippen LogP contribution >= 0.6 is 0 Å². The molecule has 6 nitrogen and oxygen atoms in total. The van der Waals surface area contributed by atoms with E-state index in [4.69, 9.17) is 9.84 Å². The van der Waals surface area contributed by atoms with Crippen molar-refractivity contribution in [2.24, 2.45) is 0 Å². The Bertz CT molecular complexity index is 327. The van der Waals surface area contributed by atoms with E-state index < -0.39 is 11.5 Å². The normalized spacial score (nSPS) is 30.4. The molecule has 0 aromatic heterocycles. The largest absolute Gasteiger partial charge is 0.480 e. The van der Waals surface area contributed by atoms with Gasteiger partial charge < -0.3 is 20.5 Å². The highest BCUT2D eigenvalue weighted by Gasteiger charge is 2.51. The number of rotatable bonds is 3. The van der Waals surface area contributed by atoms with Crippen molar-refractivity contribution in [2.45, 2.75) is 50.3 Å². The summed E-state index contributed by atoms with van der Waals surface area (Å²) in [6, 6.07) is -0.313. The lowest BCUT2D eigenvalue weighted by molar-refractivity contribution is -0.140. The number of carbonyl (C=O) groups is 2. The maximum atomic E-state index is 11.7. The Morgan fingerprint density at radius 3 is 2.65 bits per heavy atom. The van der Waals surface area contributed by atoms with Crippen LogP contribution in [0, 0.1) is 0 Å². The Labute approximate surface area is 99.7 Å². The van der Waals surface area contributed by atoms with E-state index in [1.165, 1.54) is 0 Å². The zero-order valence-corrected chi connectivity index (χ0v) is 9.86. The zero-order valence-electron chi connectivity index (χ0n) is 9.86. The first kappa shape index (κ1) is 12.2. The number of urea groups is 1. The number of hydrogen-bond donors (Lipinski definition) is 3. The smallest absolute Gasteiger partial charge is 0.329 e. The maximum Gasteiger partial charge on any atom is 0.329 e. The highest BCUT2D eigenvalue weighted by atomic mass is 16.5. The number of carboxylic acid groups (broad SMARTS) is 1. The number of ether oxygens (including phenoxy) is 1. The second-order valence-corrected chi connectivity index (χ2v) is 4.89. The van der Waals surface area contributed by atoms with E-state index in [0.717, 1.165) is 12.8 Å². The second kappa shape index (κ2) is 4.52. The summed E-state index contributed by atoms with van der Waals surface area (Å²) in [6.07, 6.45) is 2.72. The predicted molar refractivity (Wildman–Crippen MR) is 59.7 cm³/mol. The van der Waals surface area contributed by atoms with Gasteiger partial charge in [-0.15, -0.1) is 0 Å². The molecule has 1 aliphatic heterocycles. The van der Waals surface area contributed by atoms with Crippen LogP contribution in [0.1, 0.15) is 32.6 Å². The van der Waals surface area contributed by atoms with Crippen LogP contribution in [-0.4, -0.2) is 41.4 Å². The lowest BCUT2D eigenvalue weighted by Gasteiger charge is -2.28. The van der Waals surface area contributed by atoms with E-state index in [1.807, 2.05) is 6.92 Å². The van der Waals surface area contributed by atoms with Crippen LogP contribution < -0.4 is 10.6 Å². The summed E-state index contributed by atoms with van der Waals surface area (Å²) >= 11 is 0. The summed E-state index contributed by atoms with van der Waals surface area (Å²) in [5, 5.41) is 14.3. The van der Waals surface area contributed by atoms with Crippen molar-refractivity contribution >= 4 is 12.0 Å². The van der Waals surface area contributed by atoms with E-state index in [1.54, 1.807) is 0 Å². The topological polar surface area (TPSA) is 87.7 Å². The van der Waals surface area contributed by atoms with Gasteiger partial charge in [-0.2, -0.15) is 0 Å². The van der Waals surface area contributed by atoms with Crippen molar-refractivity contribution in [3.05, 3.63) is 0 Å². The van der Waals surface area contributed by atoms with Crippen molar-refractivity contribution in [3.63, 3.8) is 0 Å². The third-order valence-corrected chi connectivity index (χ3v) is 3.33. The molecule has 2 fully saturated rings. The van der Waals surface area contributed by atoms with Crippen molar-refractivity contribution in [3.8, 4) is 0 Å². The van der Waals surface area contributed by atoms with Crippen LogP contribution in [0.3, 0.4) is 0 Å². The fourth-order valence-electron chi connectivity index (χ4n) is 2.09. The first-order valence-electron chi connectivity index (χ1n) is 5.95. The van der Waals surface area contributed by atoms with Gasteiger partial charge in [0.1, 0.15) is 5.54 Å². The summed E-state index contributed by atoms with van der Waals surface area (Å²) in [5.74, 6) is -0.951. The minimum atomic E-state index is -1.01. The van der Waals surface area contributed by atoms with E-state index in [0.29, 0.717) is 19.4 Å². The number of carboxylic acids is 1. The van der Waals surface area contributed by atoms with Crippen LogP contribution in [0.5, 0.6) is 0 Å². The molecule has 0 aromatic rings. The maximum absolute atomic E-state index is 11.7. The third kappa shape index (κ3) is 2.88. The van der Waals surface area contributed by atoms with Gasteiger partial charge in [-0.1, -0.05) is 0 Å². The van der Waals surface area contributed by atoms with Gasteiger partial charge in [0.25, 0.3) is 0 Å². The molecule has 3 N–H and O–H groups in total. The molecular formula is C11H18N2O4. The molecule has 6 heteroatoms. The molecule has 0 spiro atoms. The lowest BCUT2D eigenvalue weighted by atomic mass is 10.0. The van der Waals surface area contributed by atoms with Crippen molar-refractivity contribution in [1.29, 1.82) is 0 Å². The minimum Gasteiger partial charge on any atom is -0.480 e. The van der Waals surface area contributed by atoms with Crippen LogP contribution in [-0.2, 0) is 9.53 Å². The van der Waals surface area contributed by atoms with Gasteiger partial charge >= 0.3 is 12.0 Å². The molecule has 0 radical (unpaired) electrons. The monoisotopic (exact) mass is 242 g/mol. The molecule has 2 unspecified atom stereocenters. The molecule has 2 atom stereocenters. The third-order valence-electron chi connectivity index (χ3n) is 3.33. The van der Waals surface area contributed by atoms with Gasteiger partial charge in [0.05, 0.1) is 6.10 Å². The highest BCUT2D eigenvalue weighted by molar-refractivity contribution is 5.88. The molecule has 1 saturated carbocycles. The van der Waals surface area contributed by atoms with Crippen LogP contribution in [0.4, 0.5) is 4.79 Å². The van der Waals surface area contributed by atoms with Gasteiger partial charge in [-0.05, 0) is 32.6 Å². The van der Waals surface area contributed by atoms with Crippen molar-refractivity contribution in [2.75, 3.05) is 6.61 Å². The van der Waals surface area contributed by atoms with Crippen LogP contribution in [0.15, 0.2) is 0 Å². The van der Waals surface area contributed by atoms with Crippen molar-refractivity contribution < 1.29 is 19.4 Å². The summed E-state index contributed by atoms with van der Waals surface area (Å²) < 4.78 is 5.38. The number of amides is 2. The number of carbonyl (C=O) groups excluding carboxylic acids is 1. The fraction of sp³-hybridized carbons (Fsp3) is 0.818. The Balaban J connectivity index is 1.79. The summed E-state index contributed by atoms with van der Waals surface area (Å²) in [5.41, 5.74) is -1.01. The molecular weight excluding hydrogens is 224 g/mol. The first-order valence-corrected chi connectivity index (χ1v) is 5.95. The molecule has 2 rings (SSSR count). The van der Waals surface area contributed by atoms with Crippen LogP contribution in [0.25, 0.3) is 0 Å². The van der Waals surface area contributed by atoms with E-state index in [-0.39, 0.29) is 18.2 Å². The Hall–Kier alpha value is -1.30. The Morgan fingerprint density at radius 1 is 1.41 bits per heavy atom. The quantitative estimate of drug-likeness (QED) is 0.671. The van der Waals surface area contributed by atoms with Crippen LogP contribution in [0.2, 0.25) is 0 Å². The van der Waals surface area contributed by atoms with Crippen molar-refractivity contribution in [1.82, 2.24) is 10.6 Å². The average Bonchev–Trinajstić information content (AvgIpc) is 2.98. The number of hydrogen-bond acceptors (Lipinski definition) is 3. The molecule has 96 valence electrons. The molecule has 1 aliphatic carbocycles. The minimum absolute atomic E-state index is 0.0725. The van der Waals surface area contributed by atoms with Gasteiger partial charge in [-0.3, -0.25) is 0 Å². The lowest BCUT2D eigenvalue weighted by Crippen LogP contribution is -2.52. The molecule has 2 aliphatic rings. The van der Waals surface area contributed by atoms with Gasteiger partial charge in [0.15, 0.2) is 0 Å². The average molecular weight is 242 g/mol. The molecule has 0 bridgehead atoms. The number of aliphatic carboxylic acids is 1. The zero-order chi connectivity index (χ0) is 12.5. The Kier molecular flexibility index (Phi) is 3.24. The summed E-state index contributed by atoms with van der Waals surface area (Å²) in [4.78, 5) is 22.6. The van der Waals surface area contributed by atoms with Gasteiger partial charge in [-0.25, -0.2) is 9.59 Å². The molecule has 17 heavy (non-hydrogen) atoms. The molecule has 1 heterocycles. The molecule has 2 amide bonds. The first-order chi connectivity index (χ1) is 8.02. The van der Waals surface area contributed by atoms with E-state index in [9.17, 15) is 9.59 Å². The molecule has 0 aromatic carbocycles. The molecule has 1 saturated heterocycles. The van der Waals surface area contributed by atoms with Gasteiger partial charge in [0, 0.05) is 12.6 Å². The second-order valence-electron chi connectivity index (χ2n) is 4.89. The van der Waals surface area contributed by atoms with E-state index in [2.05, 4.69) is 10.6 Å². The highest BCUT2D eigenvalue weighted by Crippen LogP contribution is 2.35. The van der Waals surface area contributed by atoms with Gasteiger partial charge in [0.2, 0.25) is 0 Å². The summed E-state index contributed by atoms with van der Waals surface area (Å²) in [6.45, 7) is 2.60.